The van der Waals surface area contributed by atoms with Crippen molar-refractivity contribution >= 4 is 17.3 Å². The third-order valence-electron chi connectivity index (χ3n) is 2.98. The van der Waals surface area contributed by atoms with Crippen molar-refractivity contribution in [1.29, 1.82) is 0 Å². The minimum atomic E-state index is -0.134. The van der Waals surface area contributed by atoms with Crippen LogP contribution in [0.2, 0.25) is 0 Å². The van der Waals surface area contributed by atoms with Crippen molar-refractivity contribution in [3.05, 3.63) is 42.5 Å². The van der Waals surface area contributed by atoms with E-state index in [1.807, 2.05) is 10.8 Å². The average Bonchev–Trinajstić information content (AvgIpc) is 3.13. The second-order valence-corrected chi connectivity index (χ2v) is 4.49. The maximum Gasteiger partial charge on any atom is 0.272 e. The van der Waals surface area contributed by atoms with Crippen LogP contribution in [0.4, 0.5) is 11.4 Å². The fraction of sp³-hybridized carbons (Fsp3) is 0.231. The van der Waals surface area contributed by atoms with Crippen molar-refractivity contribution in [2.75, 3.05) is 11.1 Å². The van der Waals surface area contributed by atoms with Crippen LogP contribution in [-0.2, 0) is 0 Å². The van der Waals surface area contributed by atoms with E-state index in [1.54, 1.807) is 30.6 Å². The summed E-state index contributed by atoms with van der Waals surface area (Å²) in [5, 5.41) is 2.84. The molecule has 0 bridgehead atoms. The number of aromatic nitrogens is 2. The van der Waals surface area contributed by atoms with Gasteiger partial charge in [-0.25, -0.2) is 0 Å². The van der Waals surface area contributed by atoms with Gasteiger partial charge in [0.25, 0.3) is 5.91 Å². The van der Waals surface area contributed by atoms with Gasteiger partial charge in [0.1, 0.15) is 5.69 Å². The van der Waals surface area contributed by atoms with Crippen LogP contribution in [0.1, 0.15) is 29.4 Å². The van der Waals surface area contributed by atoms with E-state index in [0.717, 1.165) is 18.5 Å². The number of nitrogens with two attached hydrogens (primary N) is 1. The number of nitrogen functional groups attached to an aromatic ring is 1. The molecule has 5 nitrogen and oxygen atoms in total. The van der Waals surface area contributed by atoms with E-state index in [-0.39, 0.29) is 5.91 Å². The molecule has 2 aromatic rings. The van der Waals surface area contributed by atoms with E-state index < -0.39 is 0 Å². The van der Waals surface area contributed by atoms with Crippen LogP contribution in [-0.4, -0.2) is 15.5 Å². The lowest BCUT2D eigenvalue weighted by molar-refractivity contribution is 0.101. The van der Waals surface area contributed by atoms with E-state index in [9.17, 15) is 4.79 Å². The smallest absolute Gasteiger partial charge is 0.272 e. The van der Waals surface area contributed by atoms with Gasteiger partial charge in [-0.3, -0.25) is 9.78 Å². The Bertz CT molecular complexity index is 572. The molecule has 5 heteroatoms. The normalized spacial score (nSPS) is 14.4. The minimum Gasteiger partial charge on any atom is -0.397 e. The van der Waals surface area contributed by atoms with Gasteiger partial charge >= 0.3 is 0 Å². The van der Waals surface area contributed by atoms with Crippen LogP contribution in [0, 0.1) is 0 Å². The number of hydrogen-bond acceptors (Lipinski definition) is 3. The fourth-order valence-corrected chi connectivity index (χ4v) is 1.97. The number of rotatable bonds is 3. The summed E-state index contributed by atoms with van der Waals surface area (Å²) in [6.07, 6.45) is 7.35. The molecule has 0 unspecified atom stereocenters. The molecule has 1 aliphatic carbocycles. The first kappa shape index (κ1) is 10.8. The Labute approximate surface area is 105 Å². The van der Waals surface area contributed by atoms with E-state index in [0.29, 0.717) is 17.4 Å². The van der Waals surface area contributed by atoms with Crippen molar-refractivity contribution in [3.8, 4) is 0 Å². The zero-order valence-electron chi connectivity index (χ0n) is 9.84. The quantitative estimate of drug-likeness (QED) is 0.865. The molecule has 18 heavy (non-hydrogen) atoms. The van der Waals surface area contributed by atoms with Gasteiger partial charge < -0.3 is 15.6 Å². The Balaban J connectivity index is 1.84. The molecule has 0 aromatic carbocycles. The lowest BCUT2D eigenvalue weighted by Crippen LogP contribution is -2.16. The number of anilines is 2. The number of pyridine rings is 1. The number of amides is 1. The Morgan fingerprint density at radius 1 is 1.39 bits per heavy atom. The predicted octanol–water partition coefficient (Wildman–Crippen LogP) is 2.05. The van der Waals surface area contributed by atoms with Crippen LogP contribution in [0.15, 0.2) is 36.8 Å². The molecule has 0 radical (unpaired) electrons. The van der Waals surface area contributed by atoms with Gasteiger partial charge in [-0.15, -0.1) is 0 Å². The molecule has 1 saturated carbocycles. The summed E-state index contributed by atoms with van der Waals surface area (Å²) in [5.74, 6) is -0.134. The van der Waals surface area contributed by atoms with Crippen molar-refractivity contribution in [1.82, 2.24) is 9.55 Å². The number of carbonyl (C=O) groups is 1. The first-order valence-electron chi connectivity index (χ1n) is 5.93. The van der Waals surface area contributed by atoms with E-state index >= 15 is 0 Å². The summed E-state index contributed by atoms with van der Waals surface area (Å²) in [6.45, 7) is 0. The molecule has 1 amide bonds. The monoisotopic (exact) mass is 242 g/mol. The largest absolute Gasteiger partial charge is 0.397 e. The highest BCUT2D eigenvalue weighted by atomic mass is 16.1. The molecule has 3 N–H and O–H groups in total. The summed E-state index contributed by atoms with van der Waals surface area (Å²) in [6, 6.07) is 5.66. The highest BCUT2D eigenvalue weighted by molar-refractivity contribution is 6.03. The van der Waals surface area contributed by atoms with Crippen LogP contribution in [0.5, 0.6) is 0 Å². The molecule has 0 aliphatic heterocycles. The molecular weight excluding hydrogens is 228 g/mol. The van der Waals surface area contributed by atoms with Gasteiger partial charge in [-0.1, -0.05) is 0 Å². The molecule has 0 saturated heterocycles. The third-order valence-corrected chi connectivity index (χ3v) is 2.98. The summed E-state index contributed by atoms with van der Waals surface area (Å²) >= 11 is 0. The molecule has 1 fully saturated rings. The molecule has 92 valence electrons. The number of carbonyl (C=O) groups excluding carboxylic acids is 1. The van der Waals surface area contributed by atoms with E-state index in [2.05, 4.69) is 10.3 Å². The molecule has 0 atom stereocenters. The third kappa shape index (κ3) is 2.07. The maximum atomic E-state index is 12.2. The van der Waals surface area contributed by atoms with Gasteiger partial charge in [0, 0.05) is 30.3 Å². The SMILES string of the molecule is Nc1cc(C(=O)Nc2ccncc2)n(C2CC2)c1. The lowest BCUT2D eigenvalue weighted by Gasteiger charge is -2.08. The zero-order chi connectivity index (χ0) is 12.5. The van der Waals surface area contributed by atoms with E-state index in [1.165, 1.54) is 0 Å². The Morgan fingerprint density at radius 3 is 2.78 bits per heavy atom. The minimum absolute atomic E-state index is 0.134. The standard InChI is InChI=1S/C13H14N4O/c14-9-7-12(17(8-9)11-1-2-11)13(18)16-10-3-5-15-6-4-10/h3-8,11H,1-2,14H2,(H,15,16,18). The van der Waals surface area contributed by atoms with Gasteiger partial charge in [-0.05, 0) is 31.0 Å². The first-order valence-corrected chi connectivity index (χ1v) is 5.93. The summed E-state index contributed by atoms with van der Waals surface area (Å²) in [4.78, 5) is 16.1. The average molecular weight is 242 g/mol. The van der Waals surface area contributed by atoms with Crippen molar-refractivity contribution < 1.29 is 4.79 Å². The Kier molecular flexibility index (Phi) is 2.51. The van der Waals surface area contributed by atoms with Gasteiger partial charge in [-0.2, -0.15) is 0 Å². The summed E-state index contributed by atoms with van der Waals surface area (Å²) < 4.78 is 1.96. The Hall–Kier alpha value is -2.30. The molecule has 0 spiro atoms. The zero-order valence-corrected chi connectivity index (χ0v) is 9.84. The fourth-order valence-electron chi connectivity index (χ4n) is 1.97. The lowest BCUT2D eigenvalue weighted by atomic mass is 10.3. The predicted molar refractivity (Wildman–Crippen MR) is 69.3 cm³/mol. The summed E-state index contributed by atoms with van der Waals surface area (Å²) in [7, 11) is 0. The molecule has 2 aromatic heterocycles. The first-order chi connectivity index (χ1) is 8.74. The van der Waals surface area contributed by atoms with Crippen molar-refractivity contribution in [3.63, 3.8) is 0 Å². The van der Waals surface area contributed by atoms with Crippen LogP contribution >= 0.6 is 0 Å². The van der Waals surface area contributed by atoms with Crippen molar-refractivity contribution in [2.24, 2.45) is 0 Å². The van der Waals surface area contributed by atoms with Crippen LogP contribution in [0.3, 0.4) is 0 Å². The number of hydrogen-bond donors (Lipinski definition) is 2. The van der Waals surface area contributed by atoms with Gasteiger partial charge in [0.2, 0.25) is 0 Å². The summed E-state index contributed by atoms with van der Waals surface area (Å²) in [5.41, 5.74) is 7.74. The highest BCUT2D eigenvalue weighted by Crippen LogP contribution is 2.37. The van der Waals surface area contributed by atoms with Gasteiger partial charge in [0.15, 0.2) is 0 Å². The topological polar surface area (TPSA) is 72.9 Å². The second-order valence-electron chi connectivity index (χ2n) is 4.49. The van der Waals surface area contributed by atoms with Crippen molar-refractivity contribution in [2.45, 2.75) is 18.9 Å². The van der Waals surface area contributed by atoms with E-state index in [4.69, 9.17) is 5.73 Å². The second kappa shape index (κ2) is 4.18. The molecule has 3 rings (SSSR count). The molecular formula is C13H14N4O. The Morgan fingerprint density at radius 2 is 2.11 bits per heavy atom. The molecule has 2 heterocycles. The van der Waals surface area contributed by atoms with Crippen LogP contribution in [0.25, 0.3) is 0 Å². The molecule has 1 aliphatic rings. The highest BCUT2D eigenvalue weighted by Gasteiger charge is 2.27. The van der Waals surface area contributed by atoms with Gasteiger partial charge in [0.05, 0.1) is 5.69 Å². The van der Waals surface area contributed by atoms with Crippen LogP contribution < -0.4 is 11.1 Å². The number of nitrogens with zero attached hydrogens (tertiary/aromatic N) is 2. The maximum absolute atomic E-state index is 12.2. The number of nitrogens with one attached hydrogen (secondary N) is 1.